The molecule has 0 aliphatic carbocycles. The van der Waals surface area contributed by atoms with Gasteiger partial charge in [-0.1, -0.05) is 33.3 Å². The van der Waals surface area contributed by atoms with Crippen LogP contribution in [0.3, 0.4) is 0 Å². The predicted molar refractivity (Wildman–Crippen MR) is 43.4 cm³/mol. The fourth-order valence-corrected chi connectivity index (χ4v) is 0.590. The highest BCUT2D eigenvalue weighted by atomic mass is 16.5. The summed E-state index contributed by atoms with van der Waals surface area (Å²) in [6, 6.07) is 0. The standard InChI is InChI=1S/C9H14O/c1-6-8(10-7-2)9(3,4)5/h1,7-8H,2H2,3-5H3. The SMILES string of the molecule is C#CC(OC=C)C(C)(C)C. The number of ether oxygens (including phenoxy) is 1. The maximum atomic E-state index is 5.22. The van der Waals surface area contributed by atoms with Crippen LogP contribution in [0.5, 0.6) is 0 Å². The summed E-state index contributed by atoms with van der Waals surface area (Å²) < 4.78 is 5.08. The normalized spacial score (nSPS) is 13.4. The second-order valence-electron chi connectivity index (χ2n) is 3.22. The molecular formula is C9H14O. The largest absolute Gasteiger partial charge is 0.485 e. The Balaban J connectivity index is 4.10. The van der Waals surface area contributed by atoms with Crippen LogP contribution in [0.15, 0.2) is 12.8 Å². The Morgan fingerprint density at radius 1 is 1.60 bits per heavy atom. The molecule has 0 aromatic carbocycles. The Morgan fingerprint density at radius 3 is 2.20 bits per heavy atom. The van der Waals surface area contributed by atoms with Crippen LogP contribution < -0.4 is 0 Å². The van der Waals surface area contributed by atoms with E-state index in [0.717, 1.165) is 0 Å². The van der Waals surface area contributed by atoms with Crippen LogP contribution in [0.4, 0.5) is 0 Å². The number of hydrogen-bond donors (Lipinski definition) is 0. The van der Waals surface area contributed by atoms with Crippen molar-refractivity contribution in [1.82, 2.24) is 0 Å². The summed E-state index contributed by atoms with van der Waals surface area (Å²) >= 11 is 0. The first-order valence-corrected chi connectivity index (χ1v) is 3.25. The van der Waals surface area contributed by atoms with Gasteiger partial charge in [-0.3, -0.25) is 0 Å². The highest BCUT2D eigenvalue weighted by Crippen LogP contribution is 2.21. The fraction of sp³-hybridized carbons (Fsp3) is 0.556. The van der Waals surface area contributed by atoms with Crippen molar-refractivity contribution >= 4 is 0 Å². The molecule has 1 nitrogen and oxygen atoms in total. The molecule has 10 heavy (non-hydrogen) atoms. The van der Waals surface area contributed by atoms with E-state index < -0.39 is 0 Å². The average Bonchev–Trinajstić information content (AvgIpc) is 1.80. The molecule has 1 atom stereocenters. The van der Waals surface area contributed by atoms with E-state index in [2.05, 4.69) is 12.5 Å². The van der Waals surface area contributed by atoms with Gasteiger partial charge < -0.3 is 4.74 Å². The molecule has 0 spiro atoms. The first-order valence-electron chi connectivity index (χ1n) is 3.25. The molecule has 0 fully saturated rings. The highest BCUT2D eigenvalue weighted by Gasteiger charge is 2.22. The lowest BCUT2D eigenvalue weighted by Crippen LogP contribution is -2.25. The summed E-state index contributed by atoms with van der Waals surface area (Å²) in [5.74, 6) is 2.55. The van der Waals surface area contributed by atoms with Crippen molar-refractivity contribution in [1.29, 1.82) is 0 Å². The van der Waals surface area contributed by atoms with Gasteiger partial charge in [0.15, 0.2) is 6.10 Å². The van der Waals surface area contributed by atoms with Crippen molar-refractivity contribution in [3.05, 3.63) is 12.8 Å². The van der Waals surface area contributed by atoms with Gasteiger partial charge in [-0.15, -0.1) is 6.42 Å². The van der Waals surface area contributed by atoms with Gasteiger partial charge in [-0.25, -0.2) is 0 Å². The minimum Gasteiger partial charge on any atom is -0.485 e. The smallest absolute Gasteiger partial charge is 0.162 e. The third kappa shape index (κ3) is 2.59. The lowest BCUT2D eigenvalue weighted by atomic mass is 9.90. The molecule has 0 aliphatic rings. The van der Waals surface area contributed by atoms with E-state index in [4.69, 9.17) is 11.2 Å². The van der Waals surface area contributed by atoms with Crippen LogP contribution in [0.2, 0.25) is 0 Å². The van der Waals surface area contributed by atoms with E-state index in [9.17, 15) is 0 Å². The molecule has 0 N–H and O–H groups in total. The molecule has 0 radical (unpaired) electrons. The zero-order chi connectivity index (χ0) is 8.20. The summed E-state index contributed by atoms with van der Waals surface area (Å²) in [5.41, 5.74) is -0.0110. The van der Waals surface area contributed by atoms with E-state index in [1.54, 1.807) is 0 Å². The fourth-order valence-electron chi connectivity index (χ4n) is 0.590. The summed E-state index contributed by atoms with van der Waals surface area (Å²) in [5, 5.41) is 0. The first-order chi connectivity index (χ1) is 4.52. The van der Waals surface area contributed by atoms with Crippen LogP contribution in [-0.2, 0) is 4.74 Å². The van der Waals surface area contributed by atoms with Gasteiger partial charge in [0.25, 0.3) is 0 Å². The van der Waals surface area contributed by atoms with E-state index in [-0.39, 0.29) is 11.5 Å². The van der Waals surface area contributed by atoms with Crippen LogP contribution >= 0.6 is 0 Å². The first kappa shape index (κ1) is 9.10. The van der Waals surface area contributed by atoms with Crippen molar-refractivity contribution < 1.29 is 4.74 Å². The zero-order valence-electron chi connectivity index (χ0n) is 6.85. The van der Waals surface area contributed by atoms with Crippen molar-refractivity contribution in [2.75, 3.05) is 0 Å². The predicted octanol–water partition coefficient (Wildman–Crippen LogP) is 2.19. The van der Waals surface area contributed by atoms with Gasteiger partial charge in [0.2, 0.25) is 0 Å². The molecule has 56 valence electrons. The lowest BCUT2D eigenvalue weighted by Gasteiger charge is -2.24. The molecule has 0 aliphatic heterocycles. The van der Waals surface area contributed by atoms with E-state index in [1.807, 2.05) is 20.8 Å². The average molecular weight is 138 g/mol. The Hall–Kier alpha value is -0.900. The maximum absolute atomic E-state index is 5.22. The lowest BCUT2D eigenvalue weighted by molar-refractivity contribution is 0.0936. The van der Waals surface area contributed by atoms with Gasteiger partial charge in [-0.2, -0.15) is 0 Å². The molecule has 0 heterocycles. The summed E-state index contributed by atoms with van der Waals surface area (Å²) in [7, 11) is 0. The van der Waals surface area contributed by atoms with Crippen molar-refractivity contribution in [3.63, 3.8) is 0 Å². The molecule has 1 unspecified atom stereocenters. The topological polar surface area (TPSA) is 9.23 Å². The van der Waals surface area contributed by atoms with E-state index in [1.165, 1.54) is 6.26 Å². The number of terminal acetylenes is 1. The number of rotatable bonds is 2. The van der Waals surface area contributed by atoms with Crippen molar-refractivity contribution in [3.8, 4) is 12.3 Å². The van der Waals surface area contributed by atoms with Crippen LogP contribution in [0.1, 0.15) is 20.8 Å². The molecule has 0 rings (SSSR count). The van der Waals surface area contributed by atoms with Crippen molar-refractivity contribution in [2.24, 2.45) is 5.41 Å². The van der Waals surface area contributed by atoms with Gasteiger partial charge in [0.05, 0.1) is 6.26 Å². The molecule has 0 saturated heterocycles. The van der Waals surface area contributed by atoms with Crippen molar-refractivity contribution in [2.45, 2.75) is 26.9 Å². The Labute approximate surface area is 63.1 Å². The molecule has 0 saturated carbocycles. The van der Waals surface area contributed by atoms with E-state index in [0.29, 0.717) is 0 Å². The Kier molecular flexibility index (Phi) is 3.02. The summed E-state index contributed by atoms with van der Waals surface area (Å²) in [6.07, 6.45) is 6.43. The Bertz CT molecular complexity index is 145. The Morgan fingerprint density at radius 2 is 2.10 bits per heavy atom. The van der Waals surface area contributed by atoms with Gasteiger partial charge in [0, 0.05) is 5.41 Å². The van der Waals surface area contributed by atoms with Crippen LogP contribution in [-0.4, -0.2) is 6.10 Å². The molecule has 1 heteroatoms. The highest BCUT2D eigenvalue weighted by molar-refractivity contribution is 5.01. The molecule has 0 bridgehead atoms. The molecule has 0 amide bonds. The quantitative estimate of drug-likeness (QED) is 0.420. The molecular weight excluding hydrogens is 124 g/mol. The molecule has 0 aromatic rings. The summed E-state index contributed by atoms with van der Waals surface area (Å²) in [6.45, 7) is 9.53. The molecule has 0 aromatic heterocycles. The van der Waals surface area contributed by atoms with Gasteiger partial charge in [0.1, 0.15) is 0 Å². The maximum Gasteiger partial charge on any atom is 0.162 e. The second-order valence-corrected chi connectivity index (χ2v) is 3.22. The summed E-state index contributed by atoms with van der Waals surface area (Å²) in [4.78, 5) is 0. The van der Waals surface area contributed by atoms with Gasteiger partial charge >= 0.3 is 0 Å². The van der Waals surface area contributed by atoms with Gasteiger partial charge in [-0.05, 0) is 0 Å². The van der Waals surface area contributed by atoms with E-state index >= 15 is 0 Å². The monoisotopic (exact) mass is 138 g/mol. The second kappa shape index (κ2) is 3.31. The third-order valence-electron chi connectivity index (χ3n) is 1.17. The van der Waals surface area contributed by atoms with Crippen LogP contribution in [0, 0.1) is 17.8 Å². The minimum atomic E-state index is -0.176. The van der Waals surface area contributed by atoms with Crippen LogP contribution in [0.25, 0.3) is 0 Å². The number of hydrogen-bond acceptors (Lipinski definition) is 1. The third-order valence-corrected chi connectivity index (χ3v) is 1.17. The minimum absolute atomic E-state index is 0.0110. The zero-order valence-corrected chi connectivity index (χ0v) is 6.85.